The van der Waals surface area contributed by atoms with Crippen LogP contribution in [0, 0.1) is 0 Å². The summed E-state index contributed by atoms with van der Waals surface area (Å²) in [6.07, 6.45) is 0. The van der Waals surface area contributed by atoms with E-state index in [4.69, 9.17) is 9.97 Å². The van der Waals surface area contributed by atoms with Crippen LogP contribution in [-0.2, 0) is 10.8 Å². The molecule has 3 heterocycles. The van der Waals surface area contributed by atoms with Crippen LogP contribution < -0.4 is 0 Å². The lowest BCUT2D eigenvalue weighted by Crippen LogP contribution is -2.14. The summed E-state index contributed by atoms with van der Waals surface area (Å²) in [5, 5.41) is 3.41. The zero-order valence-corrected chi connectivity index (χ0v) is 34.0. The van der Waals surface area contributed by atoms with Crippen LogP contribution in [0.5, 0.6) is 0 Å². The molecule has 0 N–H and O–H groups in total. The molecule has 60 heavy (non-hydrogen) atoms. The van der Waals surface area contributed by atoms with Gasteiger partial charge in [-0.15, -0.1) is 0 Å². The first-order chi connectivity index (χ1) is 29.3. The highest BCUT2D eigenvalue weighted by Crippen LogP contribution is 2.51. The van der Waals surface area contributed by atoms with Gasteiger partial charge in [-0.25, -0.2) is 9.97 Å². The third kappa shape index (κ3) is 4.40. The Morgan fingerprint density at radius 3 is 1.43 bits per heavy atom. The molecule has 13 rings (SSSR count). The lowest BCUT2D eigenvalue weighted by atomic mass is 9.81. The number of hydrogen-bond donors (Lipinski definition) is 0. The molecule has 2 aliphatic carbocycles. The molecule has 0 unspecified atom stereocenters. The first-order valence-corrected chi connectivity index (χ1v) is 21.0. The molecule has 0 radical (unpaired) electrons. The molecule has 4 nitrogen and oxygen atoms in total. The van der Waals surface area contributed by atoms with E-state index in [9.17, 15) is 0 Å². The van der Waals surface area contributed by atoms with Gasteiger partial charge in [0.05, 0.1) is 27.6 Å². The van der Waals surface area contributed by atoms with Crippen molar-refractivity contribution in [3.05, 3.63) is 192 Å². The first-order valence-electron chi connectivity index (χ1n) is 21.0. The Balaban J connectivity index is 1.08. The van der Waals surface area contributed by atoms with Gasteiger partial charge < -0.3 is 0 Å². The molecule has 0 amide bonds. The minimum atomic E-state index is -0.0873. The highest BCUT2D eigenvalue weighted by atomic mass is 15.2. The molecule has 2 aliphatic rings. The number of nitrogens with zero attached hydrogens (tertiary/aromatic N) is 4. The minimum Gasteiger partial charge on any atom is -0.279 e. The molecule has 0 spiro atoms. The number of hydrogen-bond acceptors (Lipinski definition) is 2. The zero-order valence-electron chi connectivity index (χ0n) is 34.0. The zero-order chi connectivity index (χ0) is 40.1. The fraction of sp³-hybridized carbons (Fsp3) is 0.107. The Bertz CT molecular complexity index is 3510. The summed E-state index contributed by atoms with van der Waals surface area (Å²) in [4.78, 5) is 10.8. The Morgan fingerprint density at radius 1 is 0.367 bits per heavy atom. The third-order valence-electron chi connectivity index (χ3n) is 13.9. The van der Waals surface area contributed by atoms with Gasteiger partial charge in [0.2, 0.25) is 5.95 Å². The average molecular weight is 769 g/mol. The van der Waals surface area contributed by atoms with Crippen LogP contribution in [0.15, 0.2) is 170 Å². The standard InChI is InChI=1S/C56H40N4/c1-55(2)44-16-8-5-13-37(44)39-25-21-33(29-46(39)55)35-23-27-41-42-28-24-36(34-22-26-40-38-14-6-9-17-45(38)56(3,4)47(40)30-34)32-52(42)59(51(41)31-35)54-58-48-18-10-7-15-43(48)53-57-49-19-11-12-20-50(49)60(53)54/h5-32H,1-4H3. The smallest absolute Gasteiger partial charge is 0.221 e. The van der Waals surface area contributed by atoms with Crippen molar-refractivity contribution in [1.29, 1.82) is 0 Å². The summed E-state index contributed by atoms with van der Waals surface area (Å²) in [5.41, 5.74) is 21.5. The van der Waals surface area contributed by atoms with Crippen LogP contribution in [0.25, 0.3) is 99.8 Å². The maximum Gasteiger partial charge on any atom is 0.221 e. The SMILES string of the molecule is CC1(C)c2ccccc2-c2ccc(-c3ccc4c5ccc(-c6ccc7c(c6)C(C)(C)c6ccccc6-7)cc5n(-c5nc6ccccc6c6nc7ccccc7n56)c4c3)cc21. The quantitative estimate of drug-likeness (QED) is 0.179. The van der Waals surface area contributed by atoms with Gasteiger partial charge in [0.1, 0.15) is 5.65 Å². The van der Waals surface area contributed by atoms with Crippen LogP contribution in [-0.4, -0.2) is 18.9 Å². The predicted molar refractivity (Wildman–Crippen MR) is 248 cm³/mol. The van der Waals surface area contributed by atoms with E-state index in [1.165, 1.54) is 77.5 Å². The predicted octanol–water partition coefficient (Wildman–Crippen LogP) is 14.1. The monoisotopic (exact) mass is 768 g/mol. The third-order valence-corrected chi connectivity index (χ3v) is 13.9. The second-order valence-electron chi connectivity index (χ2n) is 17.8. The van der Waals surface area contributed by atoms with Crippen LogP contribution >= 0.6 is 0 Å². The minimum absolute atomic E-state index is 0.0873. The van der Waals surface area contributed by atoms with Crippen molar-refractivity contribution in [3.63, 3.8) is 0 Å². The van der Waals surface area contributed by atoms with Gasteiger partial charge >= 0.3 is 0 Å². The van der Waals surface area contributed by atoms with Crippen molar-refractivity contribution in [1.82, 2.24) is 18.9 Å². The van der Waals surface area contributed by atoms with E-state index in [0.29, 0.717) is 0 Å². The molecule has 0 fully saturated rings. The number of rotatable bonds is 3. The topological polar surface area (TPSA) is 35.1 Å². The summed E-state index contributed by atoms with van der Waals surface area (Å²) in [5.74, 6) is 0.822. The van der Waals surface area contributed by atoms with Crippen LogP contribution in [0.3, 0.4) is 0 Å². The second-order valence-corrected chi connectivity index (χ2v) is 17.8. The molecular formula is C56H40N4. The Kier molecular flexibility index (Phi) is 6.55. The molecule has 8 aromatic carbocycles. The van der Waals surface area contributed by atoms with Gasteiger partial charge in [0.15, 0.2) is 0 Å². The first kappa shape index (κ1) is 33.6. The van der Waals surface area contributed by atoms with E-state index in [0.717, 1.165) is 44.6 Å². The highest BCUT2D eigenvalue weighted by Gasteiger charge is 2.36. The van der Waals surface area contributed by atoms with Gasteiger partial charge in [-0.3, -0.25) is 8.97 Å². The van der Waals surface area contributed by atoms with E-state index in [2.05, 4.69) is 207 Å². The lowest BCUT2D eigenvalue weighted by Gasteiger charge is -2.22. The highest BCUT2D eigenvalue weighted by molar-refractivity contribution is 6.11. The molecule has 3 aromatic heterocycles. The van der Waals surface area contributed by atoms with Gasteiger partial charge in [-0.05, 0) is 115 Å². The number of benzene rings is 8. The number of fused-ring (bicyclic) bond motifs is 14. The summed E-state index contributed by atoms with van der Waals surface area (Å²) in [6, 6.07) is 62.6. The lowest BCUT2D eigenvalue weighted by molar-refractivity contribution is 0.660. The Morgan fingerprint density at radius 2 is 0.833 bits per heavy atom. The maximum absolute atomic E-state index is 5.54. The number of imidazole rings is 1. The van der Waals surface area contributed by atoms with E-state index in [1.807, 2.05) is 0 Å². The molecule has 0 saturated heterocycles. The Labute approximate surface area is 348 Å². The van der Waals surface area contributed by atoms with Gasteiger partial charge in [0, 0.05) is 27.0 Å². The molecule has 0 saturated carbocycles. The average Bonchev–Trinajstić information content (AvgIpc) is 3.97. The summed E-state index contributed by atoms with van der Waals surface area (Å²) in [6.45, 7) is 9.42. The van der Waals surface area contributed by atoms with E-state index >= 15 is 0 Å². The molecule has 284 valence electrons. The van der Waals surface area contributed by atoms with Crippen molar-refractivity contribution in [2.24, 2.45) is 0 Å². The fourth-order valence-electron chi connectivity index (χ4n) is 10.8. The number of para-hydroxylation sites is 3. The van der Waals surface area contributed by atoms with Crippen LogP contribution in [0.2, 0.25) is 0 Å². The molecule has 0 atom stereocenters. The van der Waals surface area contributed by atoms with Crippen molar-refractivity contribution >= 4 is 49.4 Å². The summed E-state index contributed by atoms with van der Waals surface area (Å²) in [7, 11) is 0. The van der Waals surface area contributed by atoms with Crippen LogP contribution in [0.4, 0.5) is 0 Å². The fourth-order valence-corrected chi connectivity index (χ4v) is 10.8. The van der Waals surface area contributed by atoms with E-state index < -0.39 is 0 Å². The normalized spacial score (nSPS) is 14.6. The van der Waals surface area contributed by atoms with Gasteiger partial charge in [0.25, 0.3) is 0 Å². The molecule has 0 bridgehead atoms. The molecule has 4 heteroatoms. The molecular weight excluding hydrogens is 729 g/mol. The number of aromatic nitrogens is 4. The Hall–Kier alpha value is -7.30. The van der Waals surface area contributed by atoms with Crippen molar-refractivity contribution < 1.29 is 0 Å². The van der Waals surface area contributed by atoms with E-state index in [-0.39, 0.29) is 10.8 Å². The van der Waals surface area contributed by atoms with E-state index in [1.54, 1.807) is 0 Å². The summed E-state index contributed by atoms with van der Waals surface area (Å²) < 4.78 is 4.66. The van der Waals surface area contributed by atoms with Crippen LogP contribution in [0.1, 0.15) is 49.9 Å². The molecule has 0 aliphatic heterocycles. The van der Waals surface area contributed by atoms with Gasteiger partial charge in [-0.1, -0.05) is 149 Å². The maximum atomic E-state index is 5.54. The largest absolute Gasteiger partial charge is 0.279 e. The summed E-state index contributed by atoms with van der Waals surface area (Å²) >= 11 is 0. The van der Waals surface area contributed by atoms with Crippen molar-refractivity contribution in [2.45, 2.75) is 38.5 Å². The second kappa shape index (κ2) is 11.7. The van der Waals surface area contributed by atoms with Gasteiger partial charge in [-0.2, -0.15) is 0 Å². The van der Waals surface area contributed by atoms with Crippen molar-refractivity contribution in [2.75, 3.05) is 0 Å². The van der Waals surface area contributed by atoms with Crippen molar-refractivity contribution in [3.8, 4) is 50.5 Å². The molecule has 11 aromatic rings.